The standard InChI is InChI=1S/C25H26BrN5O3/c1-3-33-23-9-8-19(11-24(23)34-4-2)15-31-17-22(13-28-31)29-25(32)20-7-5-6-18(10-20)14-30-16-21(26)12-27-30/h5-13,16-17H,3-4,14-15H2,1-2H3,(H,29,32). The van der Waals surface area contributed by atoms with E-state index in [4.69, 9.17) is 9.47 Å². The first-order chi connectivity index (χ1) is 16.5. The molecule has 1 N–H and O–H groups in total. The Bertz CT molecular complexity index is 1270. The van der Waals surface area contributed by atoms with Gasteiger partial charge in [0.25, 0.3) is 5.91 Å². The quantitative estimate of drug-likeness (QED) is 0.316. The van der Waals surface area contributed by atoms with Gasteiger partial charge in [-0.25, -0.2) is 0 Å². The van der Waals surface area contributed by atoms with E-state index in [1.807, 2.05) is 61.1 Å². The maximum Gasteiger partial charge on any atom is 0.255 e. The van der Waals surface area contributed by atoms with Gasteiger partial charge in [-0.2, -0.15) is 10.2 Å². The minimum Gasteiger partial charge on any atom is -0.490 e. The van der Waals surface area contributed by atoms with E-state index >= 15 is 0 Å². The maximum atomic E-state index is 12.8. The molecular formula is C25H26BrN5O3. The van der Waals surface area contributed by atoms with Crippen molar-refractivity contribution >= 4 is 27.5 Å². The van der Waals surface area contributed by atoms with Gasteiger partial charge >= 0.3 is 0 Å². The van der Waals surface area contributed by atoms with Crippen LogP contribution in [0.1, 0.15) is 35.3 Å². The SMILES string of the molecule is CCOc1ccc(Cn2cc(NC(=O)c3cccc(Cn4cc(Br)cn4)c3)cn2)cc1OCC. The third-order valence-electron chi connectivity index (χ3n) is 4.98. The number of carbonyl (C=O) groups is 1. The third-order valence-corrected chi connectivity index (χ3v) is 5.39. The fourth-order valence-electron chi connectivity index (χ4n) is 3.52. The molecule has 4 rings (SSSR count). The number of nitrogens with zero attached hydrogens (tertiary/aromatic N) is 4. The first-order valence-electron chi connectivity index (χ1n) is 11.0. The molecule has 0 aliphatic heterocycles. The van der Waals surface area contributed by atoms with E-state index in [-0.39, 0.29) is 5.91 Å². The fraction of sp³-hybridized carbons (Fsp3) is 0.240. The van der Waals surface area contributed by atoms with Crippen molar-refractivity contribution < 1.29 is 14.3 Å². The average molecular weight is 524 g/mol. The first-order valence-corrected chi connectivity index (χ1v) is 11.8. The molecule has 0 spiro atoms. The van der Waals surface area contributed by atoms with Crippen molar-refractivity contribution in [2.24, 2.45) is 0 Å². The molecule has 0 saturated heterocycles. The Morgan fingerprint density at radius 3 is 2.35 bits per heavy atom. The van der Waals surface area contributed by atoms with Crippen LogP contribution in [0.2, 0.25) is 0 Å². The number of hydrogen-bond donors (Lipinski definition) is 1. The molecule has 1 amide bonds. The molecule has 0 fully saturated rings. The number of hydrogen-bond acceptors (Lipinski definition) is 5. The normalized spacial score (nSPS) is 10.8. The van der Waals surface area contributed by atoms with Gasteiger partial charge in [-0.3, -0.25) is 14.2 Å². The second-order valence-electron chi connectivity index (χ2n) is 7.58. The molecule has 34 heavy (non-hydrogen) atoms. The minimum absolute atomic E-state index is 0.192. The van der Waals surface area contributed by atoms with Crippen LogP contribution < -0.4 is 14.8 Å². The molecular weight excluding hydrogens is 498 g/mol. The Labute approximate surface area is 206 Å². The molecule has 2 aromatic heterocycles. The van der Waals surface area contributed by atoms with Crippen LogP contribution in [-0.2, 0) is 13.1 Å². The van der Waals surface area contributed by atoms with Crippen molar-refractivity contribution in [2.45, 2.75) is 26.9 Å². The number of nitrogens with one attached hydrogen (secondary N) is 1. The zero-order valence-corrected chi connectivity index (χ0v) is 20.7. The number of anilines is 1. The second-order valence-corrected chi connectivity index (χ2v) is 8.50. The average Bonchev–Trinajstić information content (AvgIpc) is 3.44. The predicted molar refractivity (Wildman–Crippen MR) is 134 cm³/mol. The van der Waals surface area contributed by atoms with Gasteiger partial charge in [0.1, 0.15) is 0 Å². The van der Waals surface area contributed by atoms with E-state index in [0.717, 1.165) is 21.3 Å². The minimum atomic E-state index is -0.192. The Kier molecular flexibility index (Phi) is 7.64. The topological polar surface area (TPSA) is 83.2 Å². The summed E-state index contributed by atoms with van der Waals surface area (Å²) in [6.07, 6.45) is 7.07. The van der Waals surface area contributed by atoms with Gasteiger partial charge in [-0.05, 0) is 65.2 Å². The molecule has 0 radical (unpaired) electrons. The summed E-state index contributed by atoms with van der Waals surface area (Å²) in [6.45, 7) is 6.14. The number of amides is 1. The molecule has 0 atom stereocenters. The van der Waals surface area contributed by atoms with E-state index in [2.05, 4.69) is 31.4 Å². The van der Waals surface area contributed by atoms with Crippen molar-refractivity contribution in [3.05, 3.63) is 88.4 Å². The maximum absolute atomic E-state index is 12.8. The smallest absolute Gasteiger partial charge is 0.255 e. The number of carbonyl (C=O) groups excluding carboxylic acids is 1. The summed E-state index contributed by atoms with van der Waals surface area (Å²) >= 11 is 3.40. The van der Waals surface area contributed by atoms with E-state index in [1.54, 1.807) is 29.3 Å². The van der Waals surface area contributed by atoms with Crippen LogP contribution in [0.15, 0.2) is 71.7 Å². The summed E-state index contributed by atoms with van der Waals surface area (Å²) in [5.41, 5.74) is 3.21. The highest BCUT2D eigenvalue weighted by Crippen LogP contribution is 2.29. The highest BCUT2D eigenvalue weighted by Gasteiger charge is 2.11. The summed E-state index contributed by atoms with van der Waals surface area (Å²) in [7, 11) is 0. The van der Waals surface area contributed by atoms with Crippen LogP contribution in [0, 0.1) is 0 Å². The van der Waals surface area contributed by atoms with E-state index in [0.29, 0.717) is 43.3 Å². The van der Waals surface area contributed by atoms with Crippen LogP contribution in [0.4, 0.5) is 5.69 Å². The zero-order valence-electron chi connectivity index (χ0n) is 19.1. The van der Waals surface area contributed by atoms with Gasteiger partial charge < -0.3 is 14.8 Å². The monoisotopic (exact) mass is 523 g/mol. The van der Waals surface area contributed by atoms with Crippen molar-refractivity contribution in [1.29, 1.82) is 0 Å². The highest BCUT2D eigenvalue weighted by molar-refractivity contribution is 9.10. The molecule has 0 aliphatic carbocycles. The van der Waals surface area contributed by atoms with Crippen molar-refractivity contribution in [3.8, 4) is 11.5 Å². The molecule has 4 aromatic rings. The van der Waals surface area contributed by atoms with Gasteiger partial charge in [0.15, 0.2) is 11.5 Å². The lowest BCUT2D eigenvalue weighted by Crippen LogP contribution is -2.12. The Hall–Kier alpha value is -3.59. The number of benzene rings is 2. The van der Waals surface area contributed by atoms with Crippen molar-refractivity contribution in [1.82, 2.24) is 19.6 Å². The zero-order chi connectivity index (χ0) is 23.9. The molecule has 9 heteroatoms. The van der Waals surface area contributed by atoms with Crippen LogP contribution in [-0.4, -0.2) is 38.7 Å². The lowest BCUT2D eigenvalue weighted by atomic mass is 10.1. The predicted octanol–water partition coefficient (Wildman–Crippen LogP) is 4.99. The van der Waals surface area contributed by atoms with Gasteiger partial charge in [0, 0.05) is 18.0 Å². The third kappa shape index (κ3) is 6.05. The summed E-state index contributed by atoms with van der Waals surface area (Å²) in [5.74, 6) is 1.25. The number of halogens is 1. The summed E-state index contributed by atoms with van der Waals surface area (Å²) in [5, 5.41) is 11.6. The molecule has 2 aromatic carbocycles. The lowest BCUT2D eigenvalue weighted by molar-refractivity contribution is 0.102. The molecule has 0 unspecified atom stereocenters. The first kappa shape index (κ1) is 23.6. The summed E-state index contributed by atoms with van der Waals surface area (Å²) in [6, 6.07) is 13.3. The molecule has 8 nitrogen and oxygen atoms in total. The Balaban J connectivity index is 1.40. The largest absolute Gasteiger partial charge is 0.490 e. The van der Waals surface area contributed by atoms with Crippen LogP contribution in [0.5, 0.6) is 11.5 Å². The molecule has 2 heterocycles. The number of aromatic nitrogens is 4. The molecule has 0 saturated carbocycles. The van der Waals surface area contributed by atoms with Crippen LogP contribution in [0.3, 0.4) is 0 Å². The number of rotatable bonds is 10. The van der Waals surface area contributed by atoms with E-state index < -0.39 is 0 Å². The highest BCUT2D eigenvalue weighted by atomic mass is 79.9. The number of ether oxygens (including phenoxy) is 2. The van der Waals surface area contributed by atoms with Gasteiger partial charge in [0.2, 0.25) is 0 Å². The van der Waals surface area contributed by atoms with Gasteiger partial charge in [-0.15, -0.1) is 0 Å². The summed E-state index contributed by atoms with van der Waals surface area (Å²) in [4.78, 5) is 12.8. The van der Waals surface area contributed by atoms with Crippen LogP contribution in [0.25, 0.3) is 0 Å². The van der Waals surface area contributed by atoms with E-state index in [1.165, 1.54) is 0 Å². The van der Waals surface area contributed by atoms with Crippen molar-refractivity contribution in [2.75, 3.05) is 18.5 Å². The van der Waals surface area contributed by atoms with E-state index in [9.17, 15) is 4.79 Å². The molecule has 0 aliphatic rings. The molecule has 176 valence electrons. The van der Waals surface area contributed by atoms with Crippen molar-refractivity contribution in [3.63, 3.8) is 0 Å². The Morgan fingerprint density at radius 2 is 1.62 bits per heavy atom. The van der Waals surface area contributed by atoms with Gasteiger partial charge in [0.05, 0.1) is 48.9 Å². The summed E-state index contributed by atoms with van der Waals surface area (Å²) < 4.78 is 15.8. The lowest BCUT2D eigenvalue weighted by Gasteiger charge is -2.12. The molecule has 0 bridgehead atoms. The second kappa shape index (κ2) is 11.0. The fourth-order valence-corrected chi connectivity index (χ4v) is 3.85. The van der Waals surface area contributed by atoms with Gasteiger partial charge in [-0.1, -0.05) is 18.2 Å². The Morgan fingerprint density at radius 1 is 0.912 bits per heavy atom. The van der Waals surface area contributed by atoms with Crippen LogP contribution >= 0.6 is 15.9 Å².